The van der Waals surface area contributed by atoms with E-state index in [0.717, 1.165) is 59.4 Å². The summed E-state index contributed by atoms with van der Waals surface area (Å²) in [6.45, 7) is 1.92. The summed E-state index contributed by atoms with van der Waals surface area (Å²) in [6.07, 6.45) is 4.11. The quantitative estimate of drug-likeness (QED) is 0.503. The van der Waals surface area contributed by atoms with Crippen molar-refractivity contribution in [2.24, 2.45) is 0 Å². The number of nitrogens with zero attached hydrogens (tertiary/aromatic N) is 2. The molecule has 2 aromatic heterocycles. The Labute approximate surface area is 162 Å². The summed E-state index contributed by atoms with van der Waals surface area (Å²) in [5, 5.41) is 3.23. The predicted molar refractivity (Wildman–Crippen MR) is 109 cm³/mol. The SMILES string of the molecule is Cc1nc2ccc(C(=O)N[C@@H]3CCC[C@H](c4nc5ccccc5[nH]4)C3)cc2[nH]1. The maximum atomic E-state index is 12.8. The summed E-state index contributed by atoms with van der Waals surface area (Å²) in [6, 6.07) is 13.9. The van der Waals surface area contributed by atoms with E-state index >= 15 is 0 Å². The number of H-pyrrole nitrogens is 2. The van der Waals surface area contributed by atoms with Gasteiger partial charge in [-0.05, 0) is 56.5 Å². The van der Waals surface area contributed by atoms with Gasteiger partial charge in [-0.25, -0.2) is 9.97 Å². The molecule has 6 heteroatoms. The van der Waals surface area contributed by atoms with Crippen molar-refractivity contribution in [1.29, 1.82) is 0 Å². The van der Waals surface area contributed by atoms with E-state index in [1.165, 1.54) is 0 Å². The maximum absolute atomic E-state index is 12.8. The average Bonchev–Trinajstić information content (AvgIpc) is 3.29. The van der Waals surface area contributed by atoms with E-state index in [-0.39, 0.29) is 11.9 Å². The second-order valence-electron chi connectivity index (χ2n) is 7.73. The molecule has 3 N–H and O–H groups in total. The van der Waals surface area contributed by atoms with Crippen molar-refractivity contribution in [3.8, 4) is 0 Å². The Balaban J connectivity index is 1.31. The highest BCUT2D eigenvalue weighted by atomic mass is 16.1. The number of amides is 1. The zero-order valence-electron chi connectivity index (χ0n) is 15.8. The molecule has 0 unspecified atom stereocenters. The third kappa shape index (κ3) is 3.15. The minimum atomic E-state index is -0.0237. The van der Waals surface area contributed by atoms with E-state index in [4.69, 9.17) is 4.98 Å². The summed E-state index contributed by atoms with van der Waals surface area (Å²) in [5.41, 5.74) is 4.53. The summed E-state index contributed by atoms with van der Waals surface area (Å²) < 4.78 is 0. The molecule has 28 heavy (non-hydrogen) atoms. The molecule has 1 aliphatic rings. The number of nitrogens with one attached hydrogen (secondary N) is 3. The monoisotopic (exact) mass is 373 g/mol. The summed E-state index contributed by atoms with van der Waals surface area (Å²) >= 11 is 0. The number of imidazole rings is 2. The smallest absolute Gasteiger partial charge is 0.251 e. The number of fused-ring (bicyclic) bond motifs is 2. The van der Waals surface area contributed by atoms with Crippen LogP contribution < -0.4 is 5.32 Å². The van der Waals surface area contributed by atoms with Gasteiger partial charge in [-0.1, -0.05) is 18.6 Å². The molecule has 0 saturated heterocycles. The lowest BCUT2D eigenvalue weighted by molar-refractivity contribution is 0.0925. The fourth-order valence-electron chi connectivity index (χ4n) is 4.28. The Morgan fingerprint density at radius 3 is 2.79 bits per heavy atom. The molecule has 1 amide bonds. The van der Waals surface area contributed by atoms with E-state index < -0.39 is 0 Å². The van der Waals surface area contributed by atoms with Gasteiger partial charge in [0.2, 0.25) is 0 Å². The molecule has 1 saturated carbocycles. The van der Waals surface area contributed by atoms with Gasteiger partial charge in [0.05, 0.1) is 22.1 Å². The first-order chi connectivity index (χ1) is 13.7. The fraction of sp³-hybridized carbons (Fsp3) is 0.318. The number of aromatic amines is 2. The van der Waals surface area contributed by atoms with Gasteiger partial charge < -0.3 is 15.3 Å². The van der Waals surface area contributed by atoms with Crippen LogP contribution in [0, 0.1) is 6.92 Å². The van der Waals surface area contributed by atoms with Crippen LogP contribution in [-0.4, -0.2) is 31.9 Å². The van der Waals surface area contributed by atoms with E-state index in [0.29, 0.717) is 11.5 Å². The number of aryl methyl sites for hydroxylation is 1. The van der Waals surface area contributed by atoms with Crippen molar-refractivity contribution in [1.82, 2.24) is 25.3 Å². The molecular weight excluding hydrogens is 350 g/mol. The summed E-state index contributed by atoms with van der Waals surface area (Å²) in [5.74, 6) is 2.22. The lowest BCUT2D eigenvalue weighted by Crippen LogP contribution is -2.38. The molecule has 2 atom stereocenters. The van der Waals surface area contributed by atoms with Crippen LogP contribution >= 0.6 is 0 Å². The maximum Gasteiger partial charge on any atom is 0.251 e. The topological polar surface area (TPSA) is 86.5 Å². The Morgan fingerprint density at radius 1 is 1.04 bits per heavy atom. The minimum absolute atomic E-state index is 0.0237. The Morgan fingerprint density at radius 2 is 1.89 bits per heavy atom. The first-order valence-corrected chi connectivity index (χ1v) is 9.87. The van der Waals surface area contributed by atoms with Gasteiger partial charge >= 0.3 is 0 Å². The van der Waals surface area contributed by atoms with E-state index in [1.807, 2.05) is 43.3 Å². The summed E-state index contributed by atoms with van der Waals surface area (Å²) in [7, 11) is 0. The van der Waals surface area contributed by atoms with Crippen LogP contribution in [-0.2, 0) is 0 Å². The normalized spacial score (nSPS) is 19.9. The first kappa shape index (κ1) is 17.0. The second-order valence-corrected chi connectivity index (χ2v) is 7.73. The van der Waals surface area contributed by atoms with Gasteiger partial charge in [0.1, 0.15) is 11.6 Å². The number of carbonyl (C=O) groups is 1. The van der Waals surface area contributed by atoms with E-state index in [1.54, 1.807) is 0 Å². The number of benzene rings is 2. The number of carbonyl (C=O) groups excluding carboxylic acids is 1. The van der Waals surface area contributed by atoms with Crippen LogP contribution in [0.5, 0.6) is 0 Å². The molecular formula is C22H23N5O. The van der Waals surface area contributed by atoms with Gasteiger partial charge in [-0.15, -0.1) is 0 Å². The van der Waals surface area contributed by atoms with Gasteiger partial charge in [0.25, 0.3) is 5.91 Å². The fourth-order valence-corrected chi connectivity index (χ4v) is 4.28. The second kappa shape index (κ2) is 6.78. The van der Waals surface area contributed by atoms with Crippen LogP contribution in [0.25, 0.3) is 22.1 Å². The van der Waals surface area contributed by atoms with Gasteiger partial charge in [0, 0.05) is 17.5 Å². The Kier molecular flexibility index (Phi) is 4.11. The predicted octanol–water partition coefficient (Wildman–Crippen LogP) is 4.20. The molecule has 6 nitrogen and oxygen atoms in total. The molecule has 2 heterocycles. The largest absolute Gasteiger partial charge is 0.349 e. The average molecular weight is 373 g/mol. The standard InChI is InChI=1S/C22H23N5O/c1-13-23-19-10-9-15(12-20(19)24-13)22(28)25-16-6-4-5-14(11-16)21-26-17-7-2-3-8-18(17)27-21/h2-3,7-10,12,14,16H,4-6,11H2,1H3,(H,23,24)(H,25,28)(H,26,27)/t14-,16+/m0/s1. The highest BCUT2D eigenvalue weighted by Gasteiger charge is 2.26. The van der Waals surface area contributed by atoms with Crippen molar-refractivity contribution in [2.75, 3.05) is 0 Å². The minimum Gasteiger partial charge on any atom is -0.349 e. The molecule has 1 fully saturated rings. The Hall–Kier alpha value is -3.15. The molecule has 0 radical (unpaired) electrons. The molecule has 142 valence electrons. The van der Waals surface area contributed by atoms with Crippen molar-refractivity contribution in [3.63, 3.8) is 0 Å². The molecule has 0 bridgehead atoms. The van der Waals surface area contributed by atoms with Gasteiger partial charge in [-0.2, -0.15) is 0 Å². The number of hydrogen-bond donors (Lipinski definition) is 3. The van der Waals surface area contributed by atoms with Crippen molar-refractivity contribution in [3.05, 3.63) is 59.7 Å². The molecule has 5 rings (SSSR count). The molecule has 0 spiro atoms. The third-order valence-corrected chi connectivity index (χ3v) is 5.67. The molecule has 1 aliphatic carbocycles. The van der Waals surface area contributed by atoms with Crippen molar-refractivity contribution in [2.45, 2.75) is 44.6 Å². The third-order valence-electron chi connectivity index (χ3n) is 5.67. The van der Waals surface area contributed by atoms with Crippen LogP contribution in [0.4, 0.5) is 0 Å². The summed E-state index contributed by atoms with van der Waals surface area (Å²) in [4.78, 5) is 28.6. The highest BCUT2D eigenvalue weighted by Crippen LogP contribution is 2.32. The van der Waals surface area contributed by atoms with Gasteiger partial charge in [-0.3, -0.25) is 4.79 Å². The molecule has 2 aromatic carbocycles. The van der Waals surface area contributed by atoms with E-state index in [2.05, 4.69) is 26.3 Å². The van der Waals surface area contributed by atoms with Crippen LogP contribution in [0.3, 0.4) is 0 Å². The van der Waals surface area contributed by atoms with Crippen LogP contribution in [0.1, 0.15) is 53.6 Å². The van der Waals surface area contributed by atoms with E-state index in [9.17, 15) is 4.79 Å². The zero-order valence-corrected chi connectivity index (χ0v) is 15.8. The Bertz CT molecular complexity index is 1130. The van der Waals surface area contributed by atoms with Crippen molar-refractivity contribution < 1.29 is 4.79 Å². The lowest BCUT2D eigenvalue weighted by Gasteiger charge is -2.28. The van der Waals surface area contributed by atoms with Crippen LogP contribution in [0.15, 0.2) is 42.5 Å². The number of hydrogen-bond acceptors (Lipinski definition) is 3. The highest BCUT2D eigenvalue weighted by molar-refractivity contribution is 5.97. The number of aromatic nitrogens is 4. The molecule has 4 aromatic rings. The number of rotatable bonds is 3. The lowest BCUT2D eigenvalue weighted by atomic mass is 9.85. The molecule has 0 aliphatic heterocycles. The number of para-hydroxylation sites is 2. The van der Waals surface area contributed by atoms with Crippen molar-refractivity contribution >= 4 is 28.0 Å². The first-order valence-electron chi connectivity index (χ1n) is 9.87. The van der Waals surface area contributed by atoms with Crippen LogP contribution in [0.2, 0.25) is 0 Å². The van der Waals surface area contributed by atoms with Gasteiger partial charge in [0.15, 0.2) is 0 Å². The zero-order chi connectivity index (χ0) is 19.1.